The fraction of sp³-hybridized carbons (Fsp3) is 0.211. The molecule has 0 aliphatic carbocycles. The van der Waals surface area contributed by atoms with Crippen molar-refractivity contribution in [2.24, 2.45) is 0 Å². The maximum absolute atomic E-state index is 13.0. The summed E-state index contributed by atoms with van der Waals surface area (Å²) in [5.74, 6) is -0.0822. The van der Waals surface area contributed by atoms with Gasteiger partial charge in [0.1, 0.15) is 5.75 Å². The molecule has 1 atom stereocenters. The molecule has 7 heteroatoms. The maximum Gasteiger partial charge on any atom is 0.275 e. The number of hydrogen-bond acceptors (Lipinski definition) is 4. The highest BCUT2D eigenvalue weighted by molar-refractivity contribution is 5.40. The van der Waals surface area contributed by atoms with Gasteiger partial charge in [0.25, 0.3) is 5.56 Å². The van der Waals surface area contributed by atoms with E-state index in [1.165, 1.54) is 11.8 Å². The zero-order valence-corrected chi connectivity index (χ0v) is 14.5. The van der Waals surface area contributed by atoms with Crippen molar-refractivity contribution in [1.82, 2.24) is 9.78 Å². The lowest BCUT2D eigenvalue weighted by Gasteiger charge is -2.13. The second kappa shape index (κ2) is 7.26. The zero-order chi connectivity index (χ0) is 18.7. The average molecular weight is 353 g/mol. The summed E-state index contributed by atoms with van der Waals surface area (Å²) in [5.41, 5.74) is 2.05. The first-order valence-corrected chi connectivity index (χ1v) is 8.14. The van der Waals surface area contributed by atoms with Gasteiger partial charge in [0.15, 0.2) is 0 Å². The minimum atomic E-state index is -0.672. The summed E-state index contributed by atoms with van der Waals surface area (Å²) in [6.45, 7) is 1.37. The Morgan fingerprint density at radius 2 is 1.92 bits per heavy atom. The monoisotopic (exact) mass is 353 g/mol. The molecule has 0 unspecified atom stereocenters. The highest BCUT2D eigenvalue weighted by Gasteiger charge is 2.28. The highest BCUT2D eigenvalue weighted by Crippen LogP contribution is 2.27. The third kappa shape index (κ3) is 3.37. The minimum absolute atomic E-state index is 0.289. The Bertz CT molecular complexity index is 976. The smallest absolute Gasteiger partial charge is 0.275 e. The van der Waals surface area contributed by atoms with Gasteiger partial charge in [-0.1, -0.05) is 30.3 Å². The third-order valence-electron chi connectivity index (χ3n) is 4.31. The van der Waals surface area contributed by atoms with Crippen LogP contribution in [0.25, 0.3) is 5.69 Å². The maximum atomic E-state index is 13.0. The van der Waals surface area contributed by atoms with Gasteiger partial charge in [0.05, 0.1) is 24.3 Å². The number of nitrogens with one attached hydrogen (secondary N) is 1. The number of aromatic amines is 1. The van der Waals surface area contributed by atoms with E-state index >= 15 is 0 Å². The Morgan fingerprint density at radius 3 is 2.58 bits per heavy atom. The van der Waals surface area contributed by atoms with Crippen LogP contribution in [-0.4, -0.2) is 28.4 Å². The number of benzene rings is 2. The number of nitro groups is 1. The Balaban J connectivity index is 2.14. The molecule has 0 spiro atoms. The van der Waals surface area contributed by atoms with Gasteiger partial charge in [0, 0.05) is 10.6 Å². The molecule has 3 rings (SSSR count). The average Bonchev–Trinajstić information content (AvgIpc) is 2.94. The number of aryl methyl sites for hydroxylation is 1. The van der Waals surface area contributed by atoms with Gasteiger partial charge in [-0.05, 0) is 36.8 Å². The Morgan fingerprint density at radius 1 is 1.19 bits per heavy atom. The van der Waals surface area contributed by atoms with E-state index in [0.29, 0.717) is 28.3 Å². The van der Waals surface area contributed by atoms with Crippen molar-refractivity contribution in [3.05, 3.63) is 91.9 Å². The quantitative estimate of drug-likeness (QED) is 0.545. The molecular formula is C19H19N3O4. The van der Waals surface area contributed by atoms with Crippen LogP contribution in [0.3, 0.4) is 0 Å². The summed E-state index contributed by atoms with van der Waals surface area (Å²) in [4.78, 5) is 23.9. The van der Waals surface area contributed by atoms with Crippen molar-refractivity contribution < 1.29 is 9.66 Å². The van der Waals surface area contributed by atoms with E-state index in [4.69, 9.17) is 4.74 Å². The van der Waals surface area contributed by atoms with E-state index in [0.717, 1.165) is 0 Å². The van der Waals surface area contributed by atoms with Gasteiger partial charge in [-0.15, -0.1) is 0 Å². The van der Waals surface area contributed by atoms with Crippen molar-refractivity contribution in [2.45, 2.75) is 12.8 Å². The van der Waals surface area contributed by atoms with Crippen LogP contribution in [0.5, 0.6) is 5.75 Å². The molecule has 134 valence electrons. The van der Waals surface area contributed by atoms with Crippen molar-refractivity contribution in [3.8, 4) is 11.4 Å². The third-order valence-corrected chi connectivity index (χ3v) is 4.31. The lowest BCUT2D eigenvalue weighted by Crippen LogP contribution is -2.23. The van der Waals surface area contributed by atoms with Gasteiger partial charge in [-0.25, -0.2) is 4.68 Å². The van der Waals surface area contributed by atoms with Crippen molar-refractivity contribution >= 4 is 0 Å². The summed E-state index contributed by atoms with van der Waals surface area (Å²) in [5, 5.41) is 14.3. The lowest BCUT2D eigenvalue weighted by molar-refractivity contribution is -0.481. The van der Waals surface area contributed by atoms with E-state index in [9.17, 15) is 14.9 Å². The molecule has 1 aromatic heterocycles. The Kier molecular flexibility index (Phi) is 4.88. The number of hydrogen-bond donors (Lipinski definition) is 1. The van der Waals surface area contributed by atoms with Crippen LogP contribution in [0.2, 0.25) is 0 Å². The van der Waals surface area contributed by atoms with Crippen LogP contribution < -0.4 is 10.3 Å². The summed E-state index contributed by atoms with van der Waals surface area (Å²) in [6.07, 6.45) is 0. The van der Waals surface area contributed by atoms with E-state index in [2.05, 4.69) is 5.10 Å². The molecule has 2 aromatic carbocycles. The van der Waals surface area contributed by atoms with Gasteiger partial charge in [-0.2, -0.15) is 0 Å². The SMILES string of the molecule is COc1cccc([C@@H](C[N+](=O)[O-])c2c(C)[nH]n(-c3ccccc3)c2=O)c1. The first-order valence-electron chi connectivity index (χ1n) is 8.14. The first kappa shape index (κ1) is 17.5. The van der Waals surface area contributed by atoms with E-state index in [1.807, 2.05) is 18.2 Å². The predicted octanol–water partition coefficient (Wildman–Crippen LogP) is 2.89. The molecule has 0 fully saturated rings. The molecule has 1 N–H and O–H groups in total. The number of rotatable bonds is 6. The van der Waals surface area contributed by atoms with Gasteiger partial charge < -0.3 is 4.74 Å². The lowest BCUT2D eigenvalue weighted by atomic mass is 9.91. The largest absolute Gasteiger partial charge is 0.497 e. The zero-order valence-electron chi connectivity index (χ0n) is 14.5. The molecule has 0 bridgehead atoms. The standard InChI is InChI=1S/C19H19N3O4/c1-13-18(19(23)22(20-13)15-8-4-3-5-9-15)17(12-21(24)25)14-7-6-10-16(11-14)26-2/h3-11,17,20H,12H2,1-2H3/t17-/m1/s1. The Labute approximate surface area is 150 Å². The number of aromatic nitrogens is 2. The normalized spacial score (nSPS) is 11.9. The minimum Gasteiger partial charge on any atom is -0.497 e. The predicted molar refractivity (Wildman–Crippen MR) is 97.8 cm³/mol. The van der Waals surface area contributed by atoms with E-state index in [-0.39, 0.29) is 12.1 Å². The summed E-state index contributed by atoms with van der Waals surface area (Å²) >= 11 is 0. The molecule has 0 aliphatic rings. The number of ether oxygens (including phenoxy) is 1. The molecule has 0 saturated carbocycles. The summed E-state index contributed by atoms with van der Waals surface area (Å²) in [6, 6.07) is 16.1. The van der Waals surface area contributed by atoms with Crippen LogP contribution >= 0.6 is 0 Å². The van der Waals surface area contributed by atoms with Crippen LogP contribution in [0.4, 0.5) is 0 Å². The van der Waals surface area contributed by atoms with Gasteiger partial charge >= 0.3 is 0 Å². The van der Waals surface area contributed by atoms with Crippen LogP contribution in [-0.2, 0) is 0 Å². The number of para-hydroxylation sites is 1. The van der Waals surface area contributed by atoms with Crippen LogP contribution in [0.15, 0.2) is 59.4 Å². The number of H-pyrrole nitrogens is 1. The molecular weight excluding hydrogens is 334 g/mol. The topological polar surface area (TPSA) is 90.2 Å². The second-order valence-electron chi connectivity index (χ2n) is 5.97. The van der Waals surface area contributed by atoms with E-state index < -0.39 is 10.8 Å². The summed E-state index contributed by atoms with van der Waals surface area (Å²) in [7, 11) is 1.53. The molecule has 0 aliphatic heterocycles. The molecule has 0 saturated heterocycles. The van der Waals surface area contributed by atoms with Crippen molar-refractivity contribution in [3.63, 3.8) is 0 Å². The van der Waals surface area contributed by atoms with Crippen molar-refractivity contribution in [1.29, 1.82) is 0 Å². The fourth-order valence-corrected chi connectivity index (χ4v) is 3.10. The first-order chi connectivity index (χ1) is 12.5. The van der Waals surface area contributed by atoms with E-state index in [1.54, 1.807) is 43.3 Å². The molecule has 1 heterocycles. The molecule has 7 nitrogen and oxygen atoms in total. The summed E-state index contributed by atoms with van der Waals surface area (Å²) < 4.78 is 6.63. The number of methoxy groups -OCH3 is 1. The fourth-order valence-electron chi connectivity index (χ4n) is 3.10. The van der Waals surface area contributed by atoms with Crippen molar-refractivity contribution in [2.75, 3.05) is 13.7 Å². The Hall–Kier alpha value is -3.35. The molecule has 3 aromatic rings. The van der Waals surface area contributed by atoms with Crippen LogP contribution in [0, 0.1) is 17.0 Å². The van der Waals surface area contributed by atoms with Gasteiger partial charge in [-0.3, -0.25) is 20.0 Å². The highest BCUT2D eigenvalue weighted by atomic mass is 16.6. The second-order valence-corrected chi connectivity index (χ2v) is 5.97. The molecule has 26 heavy (non-hydrogen) atoms. The molecule has 0 radical (unpaired) electrons. The van der Waals surface area contributed by atoms with Crippen LogP contribution in [0.1, 0.15) is 22.7 Å². The number of nitrogens with zero attached hydrogens (tertiary/aromatic N) is 2. The molecule has 0 amide bonds. The van der Waals surface area contributed by atoms with Gasteiger partial charge in [0.2, 0.25) is 6.54 Å².